The summed E-state index contributed by atoms with van der Waals surface area (Å²) >= 11 is 0. The molecule has 20 heavy (non-hydrogen) atoms. The predicted molar refractivity (Wildman–Crippen MR) is 85.0 cm³/mol. The second kappa shape index (κ2) is 8.15. The van der Waals surface area contributed by atoms with Crippen LogP contribution in [-0.4, -0.2) is 20.1 Å². The first-order valence-corrected chi connectivity index (χ1v) is 6.99. The van der Waals surface area contributed by atoms with Gasteiger partial charge in [0.2, 0.25) is 0 Å². The lowest BCUT2D eigenvalue weighted by Crippen LogP contribution is -2.03. The molecule has 0 amide bonds. The molecule has 0 atom stereocenters. The van der Waals surface area contributed by atoms with Gasteiger partial charge in [-0.25, -0.2) is 0 Å². The van der Waals surface area contributed by atoms with Crippen LogP contribution in [0.3, 0.4) is 0 Å². The van der Waals surface area contributed by atoms with E-state index in [9.17, 15) is 5.11 Å². The zero-order chi connectivity index (χ0) is 15.0. The van der Waals surface area contributed by atoms with Crippen molar-refractivity contribution in [3.8, 4) is 0 Å². The molecule has 0 spiro atoms. The summed E-state index contributed by atoms with van der Waals surface area (Å²) in [7, 11) is 0. The van der Waals surface area contributed by atoms with Crippen molar-refractivity contribution in [2.24, 2.45) is 0 Å². The molecule has 0 saturated heterocycles. The van der Waals surface area contributed by atoms with Crippen molar-refractivity contribution in [3.63, 3.8) is 0 Å². The average Bonchev–Trinajstić information content (AvgIpc) is 2.83. The summed E-state index contributed by atoms with van der Waals surface area (Å²) in [6, 6.07) is 0. The Bertz CT molecular complexity index is 519. The van der Waals surface area contributed by atoms with Crippen molar-refractivity contribution in [1.82, 2.24) is 15.0 Å². The Hall–Kier alpha value is -2.10. The van der Waals surface area contributed by atoms with Gasteiger partial charge in [0.15, 0.2) is 0 Å². The van der Waals surface area contributed by atoms with Gasteiger partial charge < -0.3 is 5.11 Å². The summed E-state index contributed by atoms with van der Waals surface area (Å²) in [6.45, 7) is 7.83. The van der Waals surface area contributed by atoms with Crippen molar-refractivity contribution in [2.75, 3.05) is 0 Å². The zero-order valence-corrected chi connectivity index (χ0v) is 12.7. The quantitative estimate of drug-likeness (QED) is 0.615. The van der Waals surface area contributed by atoms with Gasteiger partial charge in [0.05, 0.1) is 0 Å². The number of hydrogen-bond acceptors (Lipinski definition) is 3. The molecule has 0 aliphatic rings. The van der Waals surface area contributed by atoms with Crippen LogP contribution in [0.25, 0.3) is 17.8 Å². The minimum absolute atomic E-state index is 0.281. The largest absolute Gasteiger partial charge is 0.510 e. The first-order valence-electron chi connectivity index (χ1n) is 6.99. The zero-order valence-electron chi connectivity index (χ0n) is 12.7. The van der Waals surface area contributed by atoms with Crippen LogP contribution < -0.4 is 0 Å². The van der Waals surface area contributed by atoms with Crippen LogP contribution in [0.1, 0.15) is 51.9 Å². The number of nitrogens with zero attached hydrogens (tertiary/aromatic N) is 3. The summed E-state index contributed by atoms with van der Waals surface area (Å²) in [5.41, 5.74) is 2.20. The van der Waals surface area contributed by atoms with Crippen LogP contribution in [0, 0.1) is 0 Å². The van der Waals surface area contributed by atoms with Crippen LogP contribution in [0.2, 0.25) is 0 Å². The second-order valence-corrected chi connectivity index (χ2v) is 4.26. The molecule has 4 nitrogen and oxygen atoms in total. The molecule has 0 fully saturated rings. The van der Waals surface area contributed by atoms with Crippen LogP contribution in [0.5, 0.6) is 0 Å². The Balaban J connectivity index is 3.35. The molecule has 1 aromatic rings. The lowest BCUT2D eigenvalue weighted by atomic mass is 10.2. The first kappa shape index (κ1) is 16.0. The number of rotatable bonds is 6. The highest BCUT2D eigenvalue weighted by atomic mass is 16.3. The molecule has 0 radical (unpaired) electrons. The van der Waals surface area contributed by atoms with Crippen molar-refractivity contribution in [2.45, 2.75) is 40.5 Å². The molecule has 1 N–H and O–H groups in total. The third-order valence-corrected chi connectivity index (χ3v) is 2.67. The highest BCUT2D eigenvalue weighted by Crippen LogP contribution is 2.16. The third kappa shape index (κ3) is 3.95. The maximum absolute atomic E-state index is 10.0. The van der Waals surface area contributed by atoms with E-state index in [1.807, 2.05) is 64.2 Å². The van der Waals surface area contributed by atoms with E-state index in [0.29, 0.717) is 12.1 Å². The predicted octanol–water partition coefficient (Wildman–Crippen LogP) is 4.45. The summed E-state index contributed by atoms with van der Waals surface area (Å²) in [5, 5.41) is 18.9. The number of aromatic nitrogens is 3. The highest BCUT2D eigenvalue weighted by molar-refractivity contribution is 5.62. The standard InChI is InChI=1S/C16H23N3O/c1-5-9-12-15(16(20)8-4)19-17-13(10-6-2)14(18-19)11-7-3/h6-7,9-12,20H,5,8H2,1-4H3/b10-6-,11-7-,12-9-,16-15-. The van der Waals surface area contributed by atoms with Gasteiger partial charge in [-0.3, -0.25) is 0 Å². The fraction of sp³-hybridized carbons (Fsp3) is 0.375. The molecule has 0 bridgehead atoms. The van der Waals surface area contributed by atoms with Crippen LogP contribution in [0.15, 0.2) is 30.1 Å². The molecule has 108 valence electrons. The van der Waals surface area contributed by atoms with Gasteiger partial charge in [0.1, 0.15) is 22.8 Å². The molecular weight excluding hydrogens is 250 g/mol. The monoisotopic (exact) mass is 273 g/mol. The minimum Gasteiger partial charge on any atom is -0.510 e. The maximum atomic E-state index is 10.0. The molecule has 1 aromatic heterocycles. The Labute approximate surface area is 120 Å². The smallest absolute Gasteiger partial charge is 0.123 e. The van der Waals surface area contributed by atoms with Crippen LogP contribution in [-0.2, 0) is 0 Å². The van der Waals surface area contributed by atoms with Crippen molar-refractivity contribution in [1.29, 1.82) is 0 Å². The fourth-order valence-electron chi connectivity index (χ4n) is 1.68. The summed E-state index contributed by atoms with van der Waals surface area (Å²) in [4.78, 5) is 1.50. The third-order valence-electron chi connectivity index (χ3n) is 2.67. The lowest BCUT2D eigenvalue weighted by molar-refractivity contribution is 0.392. The Morgan fingerprint density at radius 3 is 2.05 bits per heavy atom. The maximum Gasteiger partial charge on any atom is 0.123 e. The summed E-state index contributed by atoms with van der Waals surface area (Å²) in [6.07, 6.45) is 12.9. The van der Waals surface area contributed by atoms with Crippen LogP contribution >= 0.6 is 0 Å². The van der Waals surface area contributed by atoms with Crippen molar-refractivity contribution < 1.29 is 5.11 Å². The van der Waals surface area contributed by atoms with Crippen LogP contribution in [0.4, 0.5) is 0 Å². The normalized spacial score (nSPS) is 13.8. The molecule has 0 unspecified atom stereocenters. The topological polar surface area (TPSA) is 50.9 Å². The minimum atomic E-state index is 0.281. The highest BCUT2D eigenvalue weighted by Gasteiger charge is 2.11. The molecular formula is C16H23N3O. The molecule has 0 aliphatic carbocycles. The van der Waals surface area contributed by atoms with E-state index >= 15 is 0 Å². The SMILES string of the molecule is C/C=C\c1nn(C(/C=C\CC)=C(\O)CC)nc1/C=C\C. The molecule has 0 aromatic carbocycles. The van der Waals surface area contributed by atoms with Crippen molar-refractivity contribution >= 4 is 17.8 Å². The fourth-order valence-corrected chi connectivity index (χ4v) is 1.68. The number of aliphatic hydroxyl groups excluding tert-OH is 1. The van der Waals surface area contributed by atoms with Gasteiger partial charge >= 0.3 is 0 Å². The number of allylic oxidation sites excluding steroid dienone is 6. The van der Waals surface area contributed by atoms with E-state index < -0.39 is 0 Å². The van der Waals surface area contributed by atoms with Gasteiger partial charge in [0.25, 0.3) is 0 Å². The number of aliphatic hydroxyl groups is 1. The summed E-state index contributed by atoms with van der Waals surface area (Å²) < 4.78 is 0. The van der Waals surface area contributed by atoms with Gasteiger partial charge in [-0.2, -0.15) is 0 Å². The average molecular weight is 273 g/mol. The van der Waals surface area contributed by atoms with Gasteiger partial charge in [-0.05, 0) is 38.5 Å². The first-order chi connectivity index (χ1) is 9.67. The molecule has 0 aliphatic heterocycles. The Morgan fingerprint density at radius 1 is 1.10 bits per heavy atom. The number of hydrogen-bond donors (Lipinski definition) is 1. The Morgan fingerprint density at radius 2 is 1.65 bits per heavy atom. The van der Waals surface area contributed by atoms with Gasteiger partial charge in [0, 0.05) is 6.42 Å². The van der Waals surface area contributed by atoms with E-state index in [-0.39, 0.29) is 5.76 Å². The van der Waals surface area contributed by atoms with Gasteiger partial charge in [-0.15, -0.1) is 15.0 Å². The van der Waals surface area contributed by atoms with E-state index in [2.05, 4.69) is 10.2 Å². The molecule has 4 heteroatoms. The van der Waals surface area contributed by atoms with Gasteiger partial charge in [-0.1, -0.05) is 32.1 Å². The van der Waals surface area contributed by atoms with E-state index in [1.165, 1.54) is 4.80 Å². The summed E-state index contributed by atoms with van der Waals surface area (Å²) in [5.74, 6) is 0.281. The molecule has 0 saturated carbocycles. The van der Waals surface area contributed by atoms with E-state index in [4.69, 9.17) is 0 Å². The van der Waals surface area contributed by atoms with E-state index in [1.54, 1.807) is 0 Å². The van der Waals surface area contributed by atoms with Crippen molar-refractivity contribution in [3.05, 3.63) is 41.5 Å². The Kier molecular flexibility index (Phi) is 6.50. The second-order valence-electron chi connectivity index (χ2n) is 4.26. The molecule has 1 rings (SSSR count). The lowest BCUT2D eigenvalue weighted by Gasteiger charge is -2.03. The molecule has 1 heterocycles. The van der Waals surface area contributed by atoms with E-state index in [0.717, 1.165) is 17.8 Å².